The highest BCUT2D eigenvalue weighted by atomic mass is 32.2. The molecule has 0 aliphatic rings. The molecule has 102 valence electrons. The smallest absolute Gasteiger partial charge is 0.154 e. The predicted octanol–water partition coefficient (Wildman–Crippen LogP) is 1.46. The second kappa shape index (κ2) is 4.95. The molecule has 0 heterocycles. The summed E-state index contributed by atoms with van der Waals surface area (Å²) < 4.78 is 36.2. The van der Waals surface area contributed by atoms with Gasteiger partial charge in [0.2, 0.25) is 0 Å². The molecule has 0 spiro atoms. The summed E-state index contributed by atoms with van der Waals surface area (Å²) in [5.41, 5.74) is 3.51. The highest BCUT2D eigenvalue weighted by molar-refractivity contribution is 7.92. The topological polar surface area (TPSA) is 72.2 Å². The largest absolute Gasteiger partial charge is 0.271 e. The molecule has 3 N–H and O–H groups in total. The van der Waals surface area contributed by atoms with Crippen LogP contribution in [0, 0.1) is 12.7 Å². The summed E-state index contributed by atoms with van der Waals surface area (Å²) >= 11 is 0. The first-order chi connectivity index (χ1) is 8.11. The minimum absolute atomic E-state index is 0.257. The maximum absolute atomic E-state index is 13.8. The van der Waals surface area contributed by atoms with E-state index >= 15 is 0 Å². The van der Waals surface area contributed by atoms with Gasteiger partial charge in [0.1, 0.15) is 5.82 Å². The second-order valence-electron chi connectivity index (χ2n) is 5.00. The molecule has 0 radical (unpaired) electrons. The van der Waals surface area contributed by atoms with Crippen LogP contribution in [0.1, 0.15) is 31.0 Å². The molecule has 1 aromatic rings. The first-order valence-electron chi connectivity index (χ1n) is 5.53. The van der Waals surface area contributed by atoms with Crippen LogP contribution in [-0.4, -0.2) is 19.4 Å². The van der Waals surface area contributed by atoms with Crippen molar-refractivity contribution in [2.24, 2.45) is 5.84 Å². The third-order valence-corrected chi connectivity index (χ3v) is 5.43. The molecule has 0 amide bonds. The number of hydrazine groups is 1. The van der Waals surface area contributed by atoms with Crippen LogP contribution in [0.4, 0.5) is 4.39 Å². The van der Waals surface area contributed by atoms with E-state index in [0.29, 0.717) is 0 Å². The Balaban J connectivity index is 3.39. The molecule has 0 aliphatic carbocycles. The minimum Gasteiger partial charge on any atom is -0.271 e. The first-order valence-corrected chi connectivity index (χ1v) is 7.42. The van der Waals surface area contributed by atoms with Gasteiger partial charge in [-0.1, -0.05) is 17.7 Å². The van der Waals surface area contributed by atoms with Gasteiger partial charge in [-0.25, -0.2) is 12.8 Å². The SMILES string of the molecule is Cc1ccc(F)c(C(NN)C(C)(C)S(C)(=O)=O)c1. The molecule has 0 aliphatic heterocycles. The number of hydrogen-bond donors (Lipinski definition) is 2. The van der Waals surface area contributed by atoms with E-state index < -0.39 is 26.4 Å². The average Bonchev–Trinajstić information content (AvgIpc) is 2.22. The van der Waals surface area contributed by atoms with Crippen LogP contribution < -0.4 is 11.3 Å². The van der Waals surface area contributed by atoms with Crippen molar-refractivity contribution < 1.29 is 12.8 Å². The summed E-state index contributed by atoms with van der Waals surface area (Å²) in [7, 11) is -3.40. The lowest BCUT2D eigenvalue weighted by Crippen LogP contribution is -2.47. The Morgan fingerprint density at radius 2 is 1.94 bits per heavy atom. The molecule has 6 heteroatoms. The zero-order valence-electron chi connectivity index (χ0n) is 11.0. The van der Waals surface area contributed by atoms with E-state index in [4.69, 9.17) is 5.84 Å². The number of nitrogens with two attached hydrogens (primary N) is 1. The fourth-order valence-corrected chi connectivity index (χ4v) is 2.39. The summed E-state index contributed by atoms with van der Waals surface area (Å²) in [6, 6.07) is 3.73. The van der Waals surface area contributed by atoms with Gasteiger partial charge in [-0.15, -0.1) is 0 Å². The number of rotatable bonds is 4. The average molecular weight is 274 g/mol. The second-order valence-corrected chi connectivity index (χ2v) is 7.60. The molecule has 0 aromatic heterocycles. The Kier molecular flexibility index (Phi) is 4.15. The normalized spacial score (nSPS) is 14.6. The van der Waals surface area contributed by atoms with Gasteiger partial charge in [-0.2, -0.15) is 0 Å². The molecule has 18 heavy (non-hydrogen) atoms. The standard InChI is InChI=1S/C12H19FN2O2S/c1-8-5-6-10(13)9(7-8)11(15-14)12(2,3)18(4,16)17/h5-7,11,15H,14H2,1-4H3. The number of hydrogen-bond acceptors (Lipinski definition) is 4. The van der Waals surface area contributed by atoms with Crippen LogP contribution in [0.5, 0.6) is 0 Å². The lowest BCUT2D eigenvalue weighted by molar-refractivity contribution is 0.413. The predicted molar refractivity (Wildman–Crippen MR) is 70.1 cm³/mol. The molecule has 1 rings (SSSR count). The van der Waals surface area contributed by atoms with Crippen molar-refractivity contribution in [3.63, 3.8) is 0 Å². The van der Waals surface area contributed by atoms with E-state index in [-0.39, 0.29) is 5.56 Å². The van der Waals surface area contributed by atoms with E-state index in [0.717, 1.165) is 11.8 Å². The molecule has 0 saturated heterocycles. The summed E-state index contributed by atoms with van der Waals surface area (Å²) in [6.45, 7) is 4.85. The van der Waals surface area contributed by atoms with Crippen molar-refractivity contribution >= 4 is 9.84 Å². The number of nitrogens with one attached hydrogen (secondary N) is 1. The van der Waals surface area contributed by atoms with Gasteiger partial charge < -0.3 is 0 Å². The minimum atomic E-state index is -3.40. The zero-order valence-corrected chi connectivity index (χ0v) is 11.8. The van der Waals surface area contributed by atoms with Crippen molar-refractivity contribution in [2.75, 3.05) is 6.26 Å². The molecule has 4 nitrogen and oxygen atoms in total. The van der Waals surface area contributed by atoms with Crippen LogP contribution in [0.25, 0.3) is 0 Å². The number of sulfone groups is 1. The van der Waals surface area contributed by atoms with Gasteiger partial charge >= 0.3 is 0 Å². The zero-order chi connectivity index (χ0) is 14.1. The maximum atomic E-state index is 13.8. The van der Waals surface area contributed by atoms with Crippen LogP contribution in [0.15, 0.2) is 18.2 Å². The van der Waals surface area contributed by atoms with Crippen LogP contribution in [-0.2, 0) is 9.84 Å². The van der Waals surface area contributed by atoms with Crippen molar-refractivity contribution in [3.05, 3.63) is 35.1 Å². The van der Waals surface area contributed by atoms with E-state index in [1.165, 1.54) is 19.9 Å². The van der Waals surface area contributed by atoms with Gasteiger partial charge in [0, 0.05) is 11.8 Å². The van der Waals surface area contributed by atoms with Crippen LogP contribution in [0.3, 0.4) is 0 Å². The fraction of sp³-hybridized carbons (Fsp3) is 0.500. The van der Waals surface area contributed by atoms with E-state index in [2.05, 4.69) is 5.43 Å². The molecule has 0 fully saturated rings. The molecule has 0 saturated carbocycles. The summed E-state index contributed by atoms with van der Waals surface area (Å²) in [4.78, 5) is 0. The highest BCUT2D eigenvalue weighted by Gasteiger charge is 2.40. The van der Waals surface area contributed by atoms with Gasteiger partial charge in [0.15, 0.2) is 9.84 Å². The Bertz CT molecular complexity index is 541. The lowest BCUT2D eigenvalue weighted by Gasteiger charge is -2.32. The van der Waals surface area contributed by atoms with E-state index in [1.54, 1.807) is 12.1 Å². The third kappa shape index (κ3) is 2.71. The number of halogens is 1. The van der Waals surface area contributed by atoms with Crippen molar-refractivity contribution in [3.8, 4) is 0 Å². The van der Waals surface area contributed by atoms with Gasteiger partial charge in [0.25, 0.3) is 0 Å². The van der Waals surface area contributed by atoms with Gasteiger partial charge in [-0.05, 0) is 26.8 Å². The fourth-order valence-electron chi connectivity index (χ4n) is 1.76. The molecular formula is C12H19FN2O2S. The molecule has 0 bridgehead atoms. The molecule has 1 atom stereocenters. The van der Waals surface area contributed by atoms with Gasteiger partial charge in [0.05, 0.1) is 10.8 Å². The number of benzene rings is 1. The Labute approximate surface area is 107 Å². The molecule has 1 aromatic carbocycles. The summed E-state index contributed by atoms with van der Waals surface area (Å²) in [5, 5.41) is 0. The third-order valence-electron chi connectivity index (χ3n) is 3.28. The lowest BCUT2D eigenvalue weighted by atomic mass is 9.94. The van der Waals surface area contributed by atoms with Crippen LogP contribution in [0.2, 0.25) is 0 Å². The van der Waals surface area contributed by atoms with E-state index in [1.807, 2.05) is 6.92 Å². The van der Waals surface area contributed by atoms with Crippen LogP contribution >= 0.6 is 0 Å². The number of aryl methyl sites for hydroxylation is 1. The maximum Gasteiger partial charge on any atom is 0.154 e. The quantitative estimate of drug-likeness (QED) is 0.644. The Morgan fingerprint density at radius 1 is 1.39 bits per heavy atom. The highest BCUT2D eigenvalue weighted by Crippen LogP contribution is 2.33. The Hall–Kier alpha value is -0.980. The molecular weight excluding hydrogens is 255 g/mol. The first kappa shape index (κ1) is 15.1. The van der Waals surface area contributed by atoms with Crippen molar-refractivity contribution in [2.45, 2.75) is 31.6 Å². The van der Waals surface area contributed by atoms with Crippen molar-refractivity contribution in [1.29, 1.82) is 0 Å². The summed E-state index contributed by atoms with van der Waals surface area (Å²) in [6.07, 6.45) is 1.12. The monoisotopic (exact) mass is 274 g/mol. The molecule has 1 unspecified atom stereocenters. The Morgan fingerprint density at radius 3 is 2.39 bits per heavy atom. The van der Waals surface area contributed by atoms with E-state index in [9.17, 15) is 12.8 Å². The van der Waals surface area contributed by atoms with Gasteiger partial charge in [-0.3, -0.25) is 11.3 Å². The summed E-state index contributed by atoms with van der Waals surface area (Å²) in [5.74, 6) is 4.95. The van der Waals surface area contributed by atoms with Crippen molar-refractivity contribution in [1.82, 2.24) is 5.43 Å².